The molecule has 1 heterocycles. The van der Waals surface area contributed by atoms with E-state index in [2.05, 4.69) is 82.3 Å². The van der Waals surface area contributed by atoms with Crippen LogP contribution in [-0.2, 0) is 9.31 Å². The van der Waals surface area contributed by atoms with Crippen LogP contribution in [-0.4, -0.2) is 18.3 Å². The molecule has 3 aromatic rings. The Kier molecular flexibility index (Phi) is 3.69. The molecular formula is C21H24BNO2. The third-order valence-electron chi connectivity index (χ3n) is 5.72. The van der Waals surface area contributed by atoms with Gasteiger partial charge in [-0.2, -0.15) is 0 Å². The Bertz CT molecular complexity index is 935. The van der Waals surface area contributed by atoms with E-state index in [9.17, 15) is 0 Å². The van der Waals surface area contributed by atoms with Crippen molar-refractivity contribution in [3.8, 4) is 0 Å². The predicted octanol–water partition coefficient (Wildman–Crippen LogP) is 4.62. The molecule has 4 rings (SSSR count). The Morgan fingerprint density at radius 2 is 1.32 bits per heavy atom. The molecule has 2 N–H and O–H groups in total. The fraction of sp³-hybridized carbons (Fsp3) is 0.333. The molecular weight excluding hydrogens is 309 g/mol. The van der Waals surface area contributed by atoms with Gasteiger partial charge in [0.1, 0.15) is 0 Å². The van der Waals surface area contributed by atoms with Crippen LogP contribution < -0.4 is 5.73 Å². The van der Waals surface area contributed by atoms with Crippen molar-refractivity contribution in [2.75, 3.05) is 0 Å². The lowest BCUT2D eigenvalue weighted by atomic mass is 9.73. The van der Waals surface area contributed by atoms with E-state index < -0.39 is 7.12 Å². The molecule has 3 nitrogen and oxygen atoms in total. The molecule has 128 valence electrons. The van der Waals surface area contributed by atoms with Crippen molar-refractivity contribution < 1.29 is 9.31 Å². The first-order chi connectivity index (χ1) is 11.8. The van der Waals surface area contributed by atoms with E-state index in [1.54, 1.807) is 0 Å². The normalized spacial score (nSPS) is 20.3. The second kappa shape index (κ2) is 5.56. The SMILES string of the molecule is CC1(C)OB([C@H](N)c2cc3ccccc3c3ccccc23)OC1(C)C. The molecule has 0 aliphatic carbocycles. The second-order valence-corrected chi connectivity index (χ2v) is 7.88. The number of hydrogen-bond donors (Lipinski definition) is 1. The molecule has 0 spiro atoms. The minimum Gasteiger partial charge on any atom is -0.402 e. The lowest BCUT2D eigenvalue weighted by molar-refractivity contribution is 0.00578. The summed E-state index contributed by atoms with van der Waals surface area (Å²) in [7, 11) is -0.463. The summed E-state index contributed by atoms with van der Waals surface area (Å²) >= 11 is 0. The van der Waals surface area contributed by atoms with Crippen LogP contribution in [0.1, 0.15) is 39.2 Å². The maximum Gasteiger partial charge on any atom is 0.480 e. The van der Waals surface area contributed by atoms with Crippen LogP contribution in [0.2, 0.25) is 0 Å². The summed E-state index contributed by atoms with van der Waals surface area (Å²) in [5, 5.41) is 4.79. The Morgan fingerprint density at radius 1 is 0.800 bits per heavy atom. The lowest BCUT2D eigenvalue weighted by Gasteiger charge is -2.32. The van der Waals surface area contributed by atoms with Crippen molar-refractivity contribution in [3.05, 3.63) is 60.2 Å². The first kappa shape index (κ1) is 16.6. The number of hydrogen-bond acceptors (Lipinski definition) is 3. The first-order valence-corrected chi connectivity index (χ1v) is 8.82. The number of fused-ring (bicyclic) bond motifs is 3. The van der Waals surface area contributed by atoms with Gasteiger partial charge in [-0.15, -0.1) is 0 Å². The monoisotopic (exact) mass is 333 g/mol. The highest BCUT2D eigenvalue weighted by Gasteiger charge is 2.53. The van der Waals surface area contributed by atoms with Crippen molar-refractivity contribution in [1.82, 2.24) is 0 Å². The fourth-order valence-electron chi connectivity index (χ4n) is 3.54. The predicted molar refractivity (Wildman–Crippen MR) is 104 cm³/mol. The van der Waals surface area contributed by atoms with Crippen molar-refractivity contribution in [2.24, 2.45) is 5.73 Å². The summed E-state index contributed by atoms with van der Waals surface area (Å²) in [6, 6.07) is 19.0. The van der Waals surface area contributed by atoms with Crippen LogP contribution in [0.25, 0.3) is 21.5 Å². The average Bonchev–Trinajstić information content (AvgIpc) is 2.81. The minimum absolute atomic E-state index is 0.351. The number of benzene rings is 3. The lowest BCUT2D eigenvalue weighted by Crippen LogP contribution is -2.41. The Morgan fingerprint density at radius 3 is 1.96 bits per heavy atom. The maximum atomic E-state index is 6.65. The van der Waals surface area contributed by atoms with Gasteiger partial charge in [0.25, 0.3) is 0 Å². The molecule has 1 aliphatic heterocycles. The van der Waals surface area contributed by atoms with Gasteiger partial charge in [-0.1, -0.05) is 48.5 Å². The highest BCUT2D eigenvalue weighted by Crippen LogP contribution is 2.41. The summed E-state index contributed by atoms with van der Waals surface area (Å²) in [4.78, 5) is 0. The summed E-state index contributed by atoms with van der Waals surface area (Å²) in [5.74, 6) is -0.351. The quantitative estimate of drug-likeness (QED) is 0.549. The van der Waals surface area contributed by atoms with E-state index in [0.29, 0.717) is 0 Å². The maximum absolute atomic E-state index is 6.65. The molecule has 1 saturated heterocycles. The van der Waals surface area contributed by atoms with E-state index in [-0.39, 0.29) is 17.1 Å². The van der Waals surface area contributed by atoms with Gasteiger partial charge in [-0.3, -0.25) is 0 Å². The summed E-state index contributed by atoms with van der Waals surface area (Å²) in [5.41, 5.74) is 6.94. The van der Waals surface area contributed by atoms with E-state index >= 15 is 0 Å². The van der Waals surface area contributed by atoms with E-state index in [1.165, 1.54) is 16.2 Å². The minimum atomic E-state index is -0.463. The van der Waals surface area contributed by atoms with Gasteiger partial charge in [-0.05, 0) is 60.9 Å². The van der Waals surface area contributed by atoms with Crippen LogP contribution in [0.5, 0.6) is 0 Å². The van der Waals surface area contributed by atoms with Gasteiger partial charge >= 0.3 is 7.12 Å². The zero-order valence-electron chi connectivity index (χ0n) is 15.2. The molecule has 3 aromatic carbocycles. The Labute approximate surface area is 149 Å². The van der Waals surface area contributed by atoms with Crippen LogP contribution in [0.3, 0.4) is 0 Å². The van der Waals surface area contributed by atoms with Gasteiger partial charge in [0.15, 0.2) is 0 Å². The van der Waals surface area contributed by atoms with Crippen LogP contribution in [0, 0.1) is 0 Å². The van der Waals surface area contributed by atoms with Crippen molar-refractivity contribution in [1.29, 1.82) is 0 Å². The van der Waals surface area contributed by atoms with E-state index in [4.69, 9.17) is 15.0 Å². The molecule has 1 atom stereocenters. The first-order valence-electron chi connectivity index (χ1n) is 8.82. The third-order valence-corrected chi connectivity index (χ3v) is 5.72. The smallest absolute Gasteiger partial charge is 0.402 e. The van der Waals surface area contributed by atoms with Crippen molar-refractivity contribution >= 4 is 28.7 Å². The molecule has 0 amide bonds. The molecule has 0 saturated carbocycles. The molecule has 0 bridgehead atoms. The largest absolute Gasteiger partial charge is 0.480 e. The van der Waals surface area contributed by atoms with Crippen molar-refractivity contribution in [2.45, 2.75) is 44.8 Å². The van der Waals surface area contributed by atoms with Crippen LogP contribution in [0.15, 0.2) is 54.6 Å². The molecule has 0 unspecified atom stereocenters. The van der Waals surface area contributed by atoms with Gasteiger partial charge in [0, 0.05) is 0 Å². The molecule has 4 heteroatoms. The summed E-state index contributed by atoms with van der Waals surface area (Å²) < 4.78 is 12.4. The topological polar surface area (TPSA) is 44.5 Å². The third kappa shape index (κ3) is 2.56. The molecule has 25 heavy (non-hydrogen) atoms. The molecule has 1 fully saturated rings. The Balaban J connectivity index is 1.86. The average molecular weight is 333 g/mol. The second-order valence-electron chi connectivity index (χ2n) is 7.88. The number of rotatable bonds is 2. The molecule has 0 aromatic heterocycles. The zero-order chi connectivity index (χ0) is 17.8. The molecule has 0 radical (unpaired) electrons. The summed E-state index contributed by atoms with van der Waals surface area (Å²) in [6.07, 6.45) is 0. The fourth-order valence-corrected chi connectivity index (χ4v) is 3.54. The van der Waals surface area contributed by atoms with Gasteiger partial charge in [-0.25, -0.2) is 0 Å². The standard InChI is InChI=1S/C21H24BNO2/c1-20(2)21(3,4)25-22(24-20)19(23)18-13-14-9-5-6-10-15(14)16-11-7-8-12-17(16)18/h5-13,19H,23H2,1-4H3/t19-/m1/s1. The van der Waals surface area contributed by atoms with Crippen molar-refractivity contribution in [3.63, 3.8) is 0 Å². The summed E-state index contributed by atoms with van der Waals surface area (Å²) in [6.45, 7) is 8.22. The molecule has 1 aliphatic rings. The number of nitrogens with two attached hydrogens (primary N) is 1. The van der Waals surface area contributed by atoms with Gasteiger partial charge in [0.2, 0.25) is 0 Å². The zero-order valence-corrected chi connectivity index (χ0v) is 15.2. The van der Waals surface area contributed by atoms with Crippen LogP contribution >= 0.6 is 0 Å². The highest BCUT2D eigenvalue weighted by molar-refractivity contribution is 6.47. The van der Waals surface area contributed by atoms with E-state index in [0.717, 1.165) is 10.9 Å². The van der Waals surface area contributed by atoms with E-state index in [1.807, 2.05) is 0 Å². The van der Waals surface area contributed by atoms with Gasteiger partial charge in [0.05, 0.1) is 17.1 Å². The van der Waals surface area contributed by atoms with Gasteiger partial charge < -0.3 is 15.0 Å². The Hall–Kier alpha value is -1.88. The highest BCUT2D eigenvalue weighted by atomic mass is 16.7. The van der Waals surface area contributed by atoms with Crippen LogP contribution in [0.4, 0.5) is 0 Å².